The van der Waals surface area contributed by atoms with Crippen LogP contribution in [0.15, 0.2) is 28.3 Å². The fourth-order valence-electron chi connectivity index (χ4n) is 6.89. The van der Waals surface area contributed by atoms with Gasteiger partial charge in [0.05, 0.1) is 35.0 Å². The topological polar surface area (TPSA) is 187 Å². The summed E-state index contributed by atoms with van der Waals surface area (Å²) in [5.41, 5.74) is -2.28. The Balaban J connectivity index is 1.24. The number of aliphatic hydroxyl groups is 1. The van der Waals surface area contributed by atoms with Crippen LogP contribution in [0, 0.1) is 23.5 Å². The third-order valence-corrected chi connectivity index (χ3v) is 9.18. The molecule has 4 aliphatic rings. The number of ether oxygens (including phenoxy) is 1. The molecule has 0 radical (unpaired) electrons. The summed E-state index contributed by atoms with van der Waals surface area (Å²) in [4.78, 5) is 62.9. The predicted octanol–water partition coefficient (Wildman–Crippen LogP) is 1.29. The molecule has 2 aromatic rings. The molecule has 15 heteroatoms. The van der Waals surface area contributed by atoms with Crippen molar-refractivity contribution in [3.8, 4) is 0 Å². The fourth-order valence-corrected chi connectivity index (χ4v) is 6.89. The molecule has 3 fully saturated rings. The Bertz CT molecular complexity index is 1720. The number of β-lactam (4-membered cyclic amide) rings is 1. The number of amides is 2. The number of carboxylic acids is 2. The highest BCUT2D eigenvalue weighted by Gasteiger charge is 2.60. The number of carboxylic acid groups (broad SMARTS) is 2. The van der Waals surface area contributed by atoms with Crippen LogP contribution in [0.1, 0.15) is 54.6 Å². The van der Waals surface area contributed by atoms with Gasteiger partial charge in [0.1, 0.15) is 23.7 Å². The largest absolute Gasteiger partial charge is 0.477 e. The van der Waals surface area contributed by atoms with Crippen LogP contribution >= 0.6 is 0 Å². The summed E-state index contributed by atoms with van der Waals surface area (Å²) in [6.45, 7) is 2.83. The molecule has 2 saturated heterocycles. The van der Waals surface area contributed by atoms with Gasteiger partial charge in [-0.25, -0.2) is 23.2 Å². The van der Waals surface area contributed by atoms with Crippen molar-refractivity contribution in [3.05, 3.63) is 56.5 Å². The molecule has 1 aromatic heterocycles. The molecule has 1 saturated carbocycles. The summed E-state index contributed by atoms with van der Waals surface area (Å²) in [5, 5.41) is 34.4. The number of carbonyl (C=O) groups excluding carboxylic acids is 2. The molecule has 1 aromatic carbocycles. The van der Waals surface area contributed by atoms with Crippen molar-refractivity contribution in [1.29, 1.82) is 0 Å². The normalized spacial score (nSPS) is 26.9. The van der Waals surface area contributed by atoms with E-state index in [9.17, 15) is 39.3 Å². The van der Waals surface area contributed by atoms with Gasteiger partial charge < -0.3 is 40.2 Å². The van der Waals surface area contributed by atoms with Crippen LogP contribution in [0.5, 0.6) is 0 Å². The van der Waals surface area contributed by atoms with Gasteiger partial charge in [0.15, 0.2) is 5.82 Å². The van der Waals surface area contributed by atoms with Crippen LogP contribution < -0.4 is 16.1 Å². The molecular weight excluding hydrogens is 586 g/mol. The number of nitrogens with one attached hydrogen (secondary N) is 2. The first-order chi connectivity index (χ1) is 20.8. The van der Waals surface area contributed by atoms with E-state index in [-0.39, 0.29) is 46.9 Å². The molecule has 0 bridgehead atoms. The number of hydrogen-bond donors (Lipinski definition) is 5. The summed E-state index contributed by atoms with van der Waals surface area (Å²) in [5.74, 6) is -7.72. The van der Waals surface area contributed by atoms with Crippen molar-refractivity contribution in [2.75, 3.05) is 19.7 Å². The van der Waals surface area contributed by atoms with Gasteiger partial charge in [0, 0.05) is 48.3 Å². The maximum atomic E-state index is 16.1. The van der Waals surface area contributed by atoms with Crippen molar-refractivity contribution >= 4 is 34.8 Å². The number of carbonyl (C=O) groups is 4. The highest BCUT2D eigenvalue weighted by atomic mass is 19.1. The van der Waals surface area contributed by atoms with Crippen LogP contribution in [0.3, 0.4) is 0 Å². The maximum Gasteiger partial charge on any atom is 0.407 e. The second-order valence-corrected chi connectivity index (χ2v) is 11.8. The van der Waals surface area contributed by atoms with Crippen LogP contribution in [0.4, 0.5) is 13.6 Å². The van der Waals surface area contributed by atoms with Crippen molar-refractivity contribution in [2.24, 2.45) is 11.8 Å². The zero-order valence-electron chi connectivity index (χ0n) is 23.7. The first kappa shape index (κ1) is 29.7. The van der Waals surface area contributed by atoms with Crippen molar-refractivity contribution < 1.29 is 48.0 Å². The third kappa shape index (κ3) is 4.53. The van der Waals surface area contributed by atoms with Crippen LogP contribution in [0.25, 0.3) is 10.9 Å². The van der Waals surface area contributed by atoms with Gasteiger partial charge in [-0.3, -0.25) is 9.59 Å². The Morgan fingerprint density at radius 2 is 1.86 bits per heavy atom. The minimum Gasteiger partial charge on any atom is -0.477 e. The second-order valence-electron chi connectivity index (χ2n) is 11.8. The number of benzene rings is 1. The Morgan fingerprint density at radius 1 is 1.16 bits per heavy atom. The van der Waals surface area contributed by atoms with Crippen molar-refractivity contribution in [2.45, 2.75) is 56.8 Å². The van der Waals surface area contributed by atoms with E-state index in [1.807, 2.05) is 0 Å². The van der Waals surface area contributed by atoms with E-state index in [2.05, 4.69) is 10.6 Å². The van der Waals surface area contributed by atoms with Crippen LogP contribution in [0.2, 0.25) is 0 Å². The number of pyridine rings is 1. The molecule has 4 unspecified atom stereocenters. The quantitative estimate of drug-likeness (QED) is 0.271. The summed E-state index contributed by atoms with van der Waals surface area (Å²) in [7, 11) is 0. The molecular formula is C29H30F2N4O9. The standard InChI is InChI=1S/C29H30F2N4O9/c1-10-16(24(28(41)42)35-22(10)19(11(2)36)26(35)38)9-44-29(43)33-18-7-32-6-14(18)20-17(30)5-13-23(21(20)31)34(12-3-4-12)8-15(25(13)37)27(39)40/h5,8,10-12,14,18-19,22,32,36H,3-4,6-7,9H2,1-2H3,(H,33,43)(H,39,40)(H,41,42)/t10?,11-,14?,18-,19?,22?/m1/s1. The smallest absolute Gasteiger partial charge is 0.407 e. The number of nitrogens with zero attached hydrogens (tertiary/aromatic N) is 2. The zero-order chi connectivity index (χ0) is 31.8. The Kier molecular flexibility index (Phi) is 7.19. The SMILES string of the molecule is CC1C(COC(=O)N[C@@H]2CNCC2c2c(F)cc3c(=O)c(C(=O)O)cn(C4CC4)c3c2F)=C(C(=O)O)N2C(=O)C([C@@H](C)O)C12. The average Bonchev–Trinajstić information content (AvgIpc) is 3.64. The van der Waals surface area contributed by atoms with Gasteiger partial charge in [-0.05, 0) is 25.8 Å². The first-order valence-corrected chi connectivity index (χ1v) is 14.2. The molecule has 6 atom stereocenters. The van der Waals surface area contributed by atoms with Crippen molar-refractivity contribution in [1.82, 2.24) is 20.1 Å². The summed E-state index contributed by atoms with van der Waals surface area (Å²) < 4.78 is 38.3. The Morgan fingerprint density at radius 3 is 2.48 bits per heavy atom. The van der Waals surface area contributed by atoms with Gasteiger partial charge >= 0.3 is 18.0 Å². The molecule has 5 N–H and O–H groups in total. The molecule has 1 aliphatic carbocycles. The number of fused-ring (bicyclic) bond motifs is 2. The third-order valence-electron chi connectivity index (χ3n) is 9.18. The number of aliphatic hydroxyl groups excluding tert-OH is 1. The molecule has 3 aliphatic heterocycles. The van der Waals surface area contributed by atoms with E-state index in [1.54, 1.807) is 6.92 Å². The van der Waals surface area contributed by atoms with Gasteiger partial charge in [-0.15, -0.1) is 0 Å². The first-order valence-electron chi connectivity index (χ1n) is 14.2. The van der Waals surface area contributed by atoms with E-state index in [0.717, 1.165) is 17.2 Å². The van der Waals surface area contributed by atoms with Gasteiger partial charge in [-0.2, -0.15) is 0 Å². The van der Waals surface area contributed by atoms with Crippen LogP contribution in [-0.4, -0.2) is 86.6 Å². The highest BCUT2D eigenvalue weighted by molar-refractivity contribution is 6.00. The van der Waals surface area contributed by atoms with E-state index >= 15 is 8.78 Å². The highest BCUT2D eigenvalue weighted by Crippen LogP contribution is 2.47. The summed E-state index contributed by atoms with van der Waals surface area (Å²) >= 11 is 0. The summed E-state index contributed by atoms with van der Waals surface area (Å²) in [6, 6.07) is -0.854. The lowest BCUT2D eigenvalue weighted by atomic mass is 9.78. The number of alkyl carbamates (subject to hydrolysis) is 1. The van der Waals surface area contributed by atoms with E-state index < -0.39 is 89.1 Å². The zero-order valence-corrected chi connectivity index (χ0v) is 23.7. The lowest BCUT2D eigenvalue weighted by Gasteiger charge is -2.46. The average molecular weight is 617 g/mol. The number of hydrogen-bond acceptors (Lipinski definition) is 8. The molecule has 234 valence electrons. The fraction of sp³-hybridized carbons (Fsp3) is 0.483. The molecule has 2 amide bonds. The second kappa shape index (κ2) is 10.7. The van der Waals surface area contributed by atoms with E-state index in [1.165, 1.54) is 11.5 Å². The molecule has 44 heavy (non-hydrogen) atoms. The van der Waals surface area contributed by atoms with E-state index in [4.69, 9.17) is 4.74 Å². The summed E-state index contributed by atoms with van der Waals surface area (Å²) in [6.07, 6.45) is 0.373. The number of aromatic nitrogens is 1. The minimum absolute atomic E-state index is 0.0655. The maximum absolute atomic E-state index is 16.1. The van der Waals surface area contributed by atoms with Gasteiger partial charge in [-0.1, -0.05) is 6.92 Å². The number of rotatable bonds is 8. The lowest BCUT2D eigenvalue weighted by molar-refractivity contribution is -0.163. The number of aromatic carboxylic acids is 1. The number of aliphatic carboxylic acids is 1. The molecule has 4 heterocycles. The van der Waals surface area contributed by atoms with Crippen LogP contribution in [-0.2, 0) is 14.3 Å². The molecule has 6 rings (SSSR count). The van der Waals surface area contributed by atoms with Gasteiger partial charge in [0.2, 0.25) is 11.3 Å². The lowest BCUT2D eigenvalue weighted by Crippen LogP contribution is -2.63. The van der Waals surface area contributed by atoms with E-state index in [0.29, 0.717) is 12.8 Å². The minimum atomic E-state index is -1.50. The van der Waals surface area contributed by atoms with Gasteiger partial charge in [0.25, 0.3) is 0 Å². The molecule has 13 nitrogen and oxygen atoms in total. The molecule has 0 spiro atoms. The Labute approximate surface area is 248 Å². The monoisotopic (exact) mass is 616 g/mol. The Hall–Kier alpha value is -4.37. The van der Waals surface area contributed by atoms with Crippen molar-refractivity contribution in [3.63, 3.8) is 0 Å². The predicted molar refractivity (Wildman–Crippen MR) is 147 cm³/mol. The number of halogens is 2.